The first-order valence-electron chi connectivity index (χ1n) is 5.85. The molecule has 2 heteroatoms. The summed E-state index contributed by atoms with van der Waals surface area (Å²) in [6.45, 7) is 8.76. The highest BCUT2D eigenvalue weighted by atomic mass is 15.5. The van der Waals surface area contributed by atoms with E-state index < -0.39 is 0 Å². The van der Waals surface area contributed by atoms with E-state index in [0.717, 1.165) is 13.1 Å². The third-order valence-corrected chi connectivity index (χ3v) is 2.41. The summed E-state index contributed by atoms with van der Waals surface area (Å²) in [6, 6.07) is 8.42. The minimum absolute atomic E-state index is 1.10. The first-order valence-corrected chi connectivity index (χ1v) is 5.85. The number of hydrogen-bond acceptors (Lipinski definition) is 2. The van der Waals surface area contributed by atoms with Crippen LogP contribution >= 0.6 is 0 Å². The molecule has 0 atom stereocenters. The molecule has 1 aromatic carbocycles. The van der Waals surface area contributed by atoms with Crippen molar-refractivity contribution in [2.75, 3.05) is 18.5 Å². The third kappa shape index (κ3) is 3.92. The van der Waals surface area contributed by atoms with Crippen molar-refractivity contribution in [3.05, 3.63) is 29.8 Å². The van der Waals surface area contributed by atoms with E-state index in [2.05, 4.69) is 55.5 Å². The van der Waals surface area contributed by atoms with Gasteiger partial charge in [0.05, 0.1) is 5.69 Å². The van der Waals surface area contributed by atoms with Gasteiger partial charge in [-0.15, -0.1) is 0 Å². The maximum Gasteiger partial charge on any atom is 0.0519 e. The number of aryl methyl sites for hydroxylation is 1. The number of hydrogen-bond donors (Lipinski definition) is 1. The Kier molecular flexibility index (Phi) is 5.19. The van der Waals surface area contributed by atoms with Gasteiger partial charge < -0.3 is 5.43 Å². The predicted molar refractivity (Wildman–Crippen MR) is 67.0 cm³/mol. The number of nitrogens with zero attached hydrogens (tertiary/aromatic N) is 1. The lowest BCUT2D eigenvalue weighted by Crippen LogP contribution is -2.31. The molecule has 0 aliphatic heterocycles. The normalized spacial score (nSPS) is 10.7. The summed E-state index contributed by atoms with van der Waals surface area (Å²) in [7, 11) is 0. The van der Waals surface area contributed by atoms with Crippen LogP contribution in [0.15, 0.2) is 24.3 Å². The van der Waals surface area contributed by atoms with E-state index in [1.165, 1.54) is 24.1 Å². The Hall–Kier alpha value is -1.02. The molecule has 0 fully saturated rings. The van der Waals surface area contributed by atoms with E-state index in [9.17, 15) is 0 Å². The highest BCUT2D eigenvalue weighted by molar-refractivity contribution is 5.49. The van der Waals surface area contributed by atoms with Gasteiger partial charge in [-0.3, -0.25) is 0 Å². The molecule has 84 valence electrons. The molecule has 0 bridgehead atoms. The summed E-state index contributed by atoms with van der Waals surface area (Å²) in [5.41, 5.74) is 6.00. The van der Waals surface area contributed by atoms with Crippen LogP contribution in [0.3, 0.4) is 0 Å². The molecule has 0 amide bonds. The zero-order valence-corrected chi connectivity index (χ0v) is 10.1. The fourth-order valence-corrected chi connectivity index (χ4v) is 1.63. The van der Waals surface area contributed by atoms with E-state index in [4.69, 9.17) is 0 Å². The van der Waals surface area contributed by atoms with Crippen molar-refractivity contribution >= 4 is 5.69 Å². The summed E-state index contributed by atoms with van der Waals surface area (Å²) in [6.07, 6.45) is 2.36. The first kappa shape index (κ1) is 12.1. The first-order chi connectivity index (χ1) is 7.27. The summed E-state index contributed by atoms with van der Waals surface area (Å²) < 4.78 is 0. The van der Waals surface area contributed by atoms with Crippen LogP contribution in [0.5, 0.6) is 0 Å². The monoisotopic (exact) mass is 206 g/mol. The fraction of sp³-hybridized carbons (Fsp3) is 0.538. The second-order valence-electron chi connectivity index (χ2n) is 3.91. The van der Waals surface area contributed by atoms with Crippen molar-refractivity contribution < 1.29 is 0 Å². The molecule has 1 N–H and O–H groups in total. The second kappa shape index (κ2) is 6.46. The Labute approximate surface area is 93.3 Å². The van der Waals surface area contributed by atoms with Crippen LogP contribution in [0.25, 0.3) is 0 Å². The fourth-order valence-electron chi connectivity index (χ4n) is 1.63. The summed E-state index contributed by atoms with van der Waals surface area (Å²) in [4.78, 5) is 0. The van der Waals surface area contributed by atoms with E-state index in [0.29, 0.717) is 0 Å². The van der Waals surface area contributed by atoms with Gasteiger partial charge in [-0.2, -0.15) is 0 Å². The van der Waals surface area contributed by atoms with E-state index in [-0.39, 0.29) is 0 Å². The smallest absolute Gasteiger partial charge is 0.0519 e. The van der Waals surface area contributed by atoms with Gasteiger partial charge in [0, 0.05) is 13.1 Å². The minimum atomic E-state index is 1.10. The molecule has 0 aliphatic rings. The number of nitrogens with one attached hydrogen (secondary N) is 1. The lowest BCUT2D eigenvalue weighted by atomic mass is 10.2. The van der Waals surface area contributed by atoms with Crippen LogP contribution in [0, 0.1) is 6.92 Å². The minimum Gasteiger partial charge on any atom is -0.319 e. The lowest BCUT2D eigenvalue weighted by Gasteiger charge is -2.24. The number of hydrazine groups is 1. The number of rotatable bonds is 6. The van der Waals surface area contributed by atoms with Crippen molar-refractivity contribution in [3.8, 4) is 0 Å². The molecule has 0 heterocycles. The summed E-state index contributed by atoms with van der Waals surface area (Å²) >= 11 is 0. The Morgan fingerprint density at radius 2 is 1.67 bits per heavy atom. The predicted octanol–water partition coefficient (Wildman–Crippen LogP) is 3.44. The standard InChI is InChI=1S/C13H22N2/c1-4-10-15(11-5-2)14-13-9-7-6-8-12(13)3/h6-9,14H,4-5,10-11H2,1-3H3. The average Bonchev–Trinajstić information content (AvgIpc) is 2.22. The third-order valence-electron chi connectivity index (χ3n) is 2.41. The van der Waals surface area contributed by atoms with Gasteiger partial charge in [-0.1, -0.05) is 32.0 Å². The molecule has 0 spiro atoms. The van der Waals surface area contributed by atoms with Crippen LogP contribution in [0.2, 0.25) is 0 Å². The van der Waals surface area contributed by atoms with Crippen LogP contribution in [-0.4, -0.2) is 18.1 Å². The molecule has 0 saturated heterocycles. The van der Waals surface area contributed by atoms with Crippen molar-refractivity contribution in [2.45, 2.75) is 33.6 Å². The van der Waals surface area contributed by atoms with Crippen molar-refractivity contribution in [1.82, 2.24) is 5.01 Å². The molecule has 0 unspecified atom stereocenters. The molecule has 0 aromatic heterocycles. The van der Waals surface area contributed by atoms with E-state index >= 15 is 0 Å². The molecule has 0 aliphatic carbocycles. The van der Waals surface area contributed by atoms with Crippen LogP contribution in [0.4, 0.5) is 5.69 Å². The van der Waals surface area contributed by atoms with Gasteiger partial charge in [0.2, 0.25) is 0 Å². The Morgan fingerprint density at radius 1 is 1.07 bits per heavy atom. The lowest BCUT2D eigenvalue weighted by molar-refractivity contribution is 0.330. The summed E-state index contributed by atoms with van der Waals surface area (Å²) in [5.74, 6) is 0. The highest BCUT2D eigenvalue weighted by Crippen LogP contribution is 2.14. The van der Waals surface area contributed by atoms with Gasteiger partial charge in [0.25, 0.3) is 0 Å². The van der Waals surface area contributed by atoms with Gasteiger partial charge in [-0.05, 0) is 31.4 Å². The van der Waals surface area contributed by atoms with E-state index in [1.54, 1.807) is 0 Å². The van der Waals surface area contributed by atoms with E-state index in [1.807, 2.05) is 0 Å². The van der Waals surface area contributed by atoms with Crippen LogP contribution in [-0.2, 0) is 0 Å². The molecule has 0 radical (unpaired) electrons. The second-order valence-corrected chi connectivity index (χ2v) is 3.91. The molecule has 15 heavy (non-hydrogen) atoms. The zero-order chi connectivity index (χ0) is 11.1. The van der Waals surface area contributed by atoms with Gasteiger partial charge in [0.15, 0.2) is 0 Å². The van der Waals surface area contributed by atoms with Gasteiger partial charge in [-0.25, -0.2) is 5.01 Å². The molecule has 2 nitrogen and oxygen atoms in total. The van der Waals surface area contributed by atoms with Crippen LogP contribution < -0.4 is 5.43 Å². The molecular weight excluding hydrogens is 184 g/mol. The van der Waals surface area contributed by atoms with Crippen molar-refractivity contribution in [1.29, 1.82) is 0 Å². The Balaban J connectivity index is 2.60. The molecular formula is C13H22N2. The molecule has 1 rings (SSSR count). The molecule has 1 aromatic rings. The number of anilines is 1. The Morgan fingerprint density at radius 3 is 2.20 bits per heavy atom. The highest BCUT2D eigenvalue weighted by Gasteiger charge is 2.03. The zero-order valence-electron chi connectivity index (χ0n) is 10.1. The molecule has 0 saturated carbocycles. The number of para-hydroxylation sites is 1. The topological polar surface area (TPSA) is 15.3 Å². The van der Waals surface area contributed by atoms with Crippen LogP contribution in [0.1, 0.15) is 32.3 Å². The maximum absolute atomic E-state index is 3.48. The number of benzene rings is 1. The average molecular weight is 206 g/mol. The van der Waals surface area contributed by atoms with Crippen molar-refractivity contribution in [3.63, 3.8) is 0 Å². The van der Waals surface area contributed by atoms with Gasteiger partial charge in [0.1, 0.15) is 0 Å². The Bertz CT molecular complexity index is 278. The largest absolute Gasteiger partial charge is 0.319 e. The maximum atomic E-state index is 3.48. The summed E-state index contributed by atoms with van der Waals surface area (Å²) in [5, 5.41) is 2.29. The van der Waals surface area contributed by atoms with Crippen molar-refractivity contribution in [2.24, 2.45) is 0 Å². The quantitative estimate of drug-likeness (QED) is 0.717. The SMILES string of the molecule is CCCN(CCC)Nc1ccccc1C. The van der Waals surface area contributed by atoms with Gasteiger partial charge >= 0.3 is 0 Å².